The van der Waals surface area contributed by atoms with Crippen molar-refractivity contribution in [1.82, 2.24) is 0 Å². The zero-order valence-corrected chi connectivity index (χ0v) is 30.6. The van der Waals surface area contributed by atoms with Gasteiger partial charge in [-0.1, -0.05) is 152 Å². The quantitative estimate of drug-likeness (QED) is 0.170. The van der Waals surface area contributed by atoms with Gasteiger partial charge in [0.1, 0.15) is 11.2 Å². The van der Waals surface area contributed by atoms with Gasteiger partial charge < -0.3 is 9.32 Å². The molecule has 0 aliphatic rings. The minimum absolute atomic E-state index is 0.864. The number of fused-ring (bicyclic) bond motifs is 7. The van der Waals surface area contributed by atoms with E-state index in [4.69, 9.17) is 4.42 Å². The first-order valence-corrected chi connectivity index (χ1v) is 19.5. The van der Waals surface area contributed by atoms with Crippen molar-refractivity contribution in [1.29, 1.82) is 0 Å². The van der Waals surface area contributed by atoms with Crippen LogP contribution in [0.15, 0.2) is 205 Å². The molecule has 3 heteroatoms. The van der Waals surface area contributed by atoms with E-state index in [1.54, 1.807) is 0 Å². The highest BCUT2D eigenvalue weighted by Crippen LogP contribution is 2.49. The molecular weight excluding hydrogens is 687 g/mol. The number of para-hydroxylation sites is 2. The van der Waals surface area contributed by atoms with E-state index in [9.17, 15) is 0 Å². The molecule has 0 amide bonds. The topological polar surface area (TPSA) is 16.4 Å². The molecule has 0 saturated heterocycles. The largest absolute Gasteiger partial charge is 0.456 e. The predicted molar refractivity (Wildman–Crippen MR) is 235 cm³/mol. The van der Waals surface area contributed by atoms with E-state index in [1.807, 2.05) is 17.4 Å². The van der Waals surface area contributed by atoms with E-state index in [1.165, 1.54) is 58.8 Å². The molecule has 0 unspecified atom stereocenters. The van der Waals surface area contributed by atoms with Gasteiger partial charge in [0.05, 0.1) is 16.8 Å². The monoisotopic (exact) mass is 719 g/mol. The normalized spacial score (nSPS) is 11.6. The lowest BCUT2D eigenvalue weighted by molar-refractivity contribution is 0.669. The van der Waals surface area contributed by atoms with E-state index in [0.29, 0.717) is 0 Å². The van der Waals surface area contributed by atoms with Crippen LogP contribution in [0.1, 0.15) is 0 Å². The second kappa shape index (κ2) is 12.9. The summed E-state index contributed by atoms with van der Waals surface area (Å²) in [5.41, 5.74) is 12.1. The minimum Gasteiger partial charge on any atom is -0.456 e. The number of hydrogen-bond acceptors (Lipinski definition) is 3. The maximum absolute atomic E-state index is 6.50. The Kier molecular flexibility index (Phi) is 7.39. The Morgan fingerprint density at radius 1 is 0.364 bits per heavy atom. The first-order valence-electron chi connectivity index (χ1n) is 18.7. The third kappa shape index (κ3) is 5.16. The summed E-state index contributed by atoms with van der Waals surface area (Å²) in [6.45, 7) is 0. The molecule has 0 spiro atoms. The van der Waals surface area contributed by atoms with Gasteiger partial charge in [-0.3, -0.25) is 0 Å². The second-order valence-electron chi connectivity index (χ2n) is 14.0. The highest BCUT2D eigenvalue weighted by atomic mass is 32.1. The zero-order chi connectivity index (χ0) is 36.3. The fourth-order valence-corrected chi connectivity index (χ4v) is 9.63. The van der Waals surface area contributed by atoms with Gasteiger partial charge in [0, 0.05) is 36.8 Å². The fourth-order valence-electron chi connectivity index (χ4n) is 8.50. The molecule has 0 aliphatic carbocycles. The van der Waals surface area contributed by atoms with Crippen LogP contribution in [0.4, 0.5) is 17.1 Å². The van der Waals surface area contributed by atoms with Crippen LogP contribution < -0.4 is 4.90 Å². The Hall–Kier alpha value is -6.94. The third-order valence-electron chi connectivity index (χ3n) is 10.9. The summed E-state index contributed by atoms with van der Waals surface area (Å²) >= 11 is 1.86. The van der Waals surface area contributed by atoms with E-state index in [0.717, 1.165) is 44.6 Å². The molecule has 2 nitrogen and oxygen atoms in total. The van der Waals surface area contributed by atoms with Crippen molar-refractivity contribution >= 4 is 81.3 Å². The van der Waals surface area contributed by atoms with Crippen LogP contribution in [0.2, 0.25) is 0 Å². The first-order chi connectivity index (χ1) is 27.3. The standard InChI is InChI=1S/C52H33NOS/c1-2-15-34(16-3-1)38-24-11-17-35-18-12-26-41(50(35)38)40-21-4-7-27-44(40)53(45-28-14-30-47-52(45)42-22-5-8-29-46(42)54-47)37-20-10-19-36(33-37)39-25-13-32-49-51(39)43-23-6-9-31-48(43)55-49/h1-33H. The third-order valence-corrected chi connectivity index (χ3v) is 12.0. The Morgan fingerprint density at radius 2 is 0.964 bits per heavy atom. The smallest absolute Gasteiger partial charge is 0.137 e. The van der Waals surface area contributed by atoms with Crippen molar-refractivity contribution in [3.05, 3.63) is 200 Å². The molecule has 0 fully saturated rings. The number of hydrogen-bond donors (Lipinski definition) is 0. The summed E-state index contributed by atoms with van der Waals surface area (Å²) in [5.74, 6) is 0. The summed E-state index contributed by atoms with van der Waals surface area (Å²) in [5, 5.41) is 7.23. The van der Waals surface area contributed by atoms with Gasteiger partial charge in [-0.2, -0.15) is 0 Å². The van der Waals surface area contributed by atoms with E-state index in [-0.39, 0.29) is 0 Å². The Labute approximate surface area is 322 Å². The van der Waals surface area contributed by atoms with Crippen molar-refractivity contribution in [3.63, 3.8) is 0 Å². The highest BCUT2D eigenvalue weighted by molar-refractivity contribution is 7.25. The Bertz CT molecular complexity index is 3220. The van der Waals surface area contributed by atoms with Crippen molar-refractivity contribution in [2.75, 3.05) is 4.90 Å². The average Bonchev–Trinajstić information content (AvgIpc) is 3.83. The maximum atomic E-state index is 6.50. The van der Waals surface area contributed by atoms with E-state index >= 15 is 0 Å². The van der Waals surface area contributed by atoms with Gasteiger partial charge >= 0.3 is 0 Å². The Balaban J connectivity index is 1.20. The van der Waals surface area contributed by atoms with Crippen LogP contribution in [-0.4, -0.2) is 0 Å². The molecule has 9 aromatic carbocycles. The van der Waals surface area contributed by atoms with Crippen molar-refractivity contribution in [2.45, 2.75) is 0 Å². The van der Waals surface area contributed by atoms with Gasteiger partial charge in [-0.15, -0.1) is 11.3 Å². The maximum Gasteiger partial charge on any atom is 0.137 e. The lowest BCUT2D eigenvalue weighted by atomic mass is 9.90. The van der Waals surface area contributed by atoms with Crippen LogP contribution in [0, 0.1) is 0 Å². The summed E-state index contributed by atoms with van der Waals surface area (Å²) in [7, 11) is 0. The summed E-state index contributed by atoms with van der Waals surface area (Å²) in [6.07, 6.45) is 0. The van der Waals surface area contributed by atoms with Crippen LogP contribution >= 0.6 is 11.3 Å². The molecule has 11 aromatic rings. The highest BCUT2D eigenvalue weighted by Gasteiger charge is 2.24. The van der Waals surface area contributed by atoms with Crippen molar-refractivity contribution in [3.8, 4) is 33.4 Å². The lowest BCUT2D eigenvalue weighted by Crippen LogP contribution is -2.12. The average molecular weight is 720 g/mol. The molecule has 0 radical (unpaired) electrons. The number of furan rings is 1. The summed E-state index contributed by atoms with van der Waals surface area (Å²) in [6, 6.07) is 72.2. The summed E-state index contributed by atoms with van der Waals surface area (Å²) in [4.78, 5) is 2.44. The second-order valence-corrected chi connectivity index (χ2v) is 15.1. The molecule has 0 saturated carbocycles. The SMILES string of the molecule is c1ccc(-c2cccc3cccc(-c4ccccc4N(c4cccc(-c5cccc6sc7ccccc7c56)c4)c4cccc5oc6ccccc6c45)c23)cc1. The molecule has 0 atom stereocenters. The lowest BCUT2D eigenvalue weighted by Gasteiger charge is -2.29. The van der Waals surface area contributed by atoms with E-state index < -0.39 is 0 Å². The first kappa shape index (κ1) is 31.6. The van der Waals surface area contributed by atoms with Crippen LogP contribution in [0.25, 0.3) is 86.3 Å². The number of thiophene rings is 1. The van der Waals surface area contributed by atoms with Gasteiger partial charge in [0.2, 0.25) is 0 Å². The van der Waals surface area contributed by atoms with Crippen molar-refractivity contribution in [2.24, 2.45) is 0 Å². The van der Waals surface area contributed by atoms with Gasteiger partial charge in [-0.25, -0.2) is 0 Å². The predicted octanol–water partition coefficient (Wildman–Crippen LogP) is 15.6. The minimum atomic E-state index is 0.864. The Morgan fingerprint density at radius 3 is 1.85 bits per heavy atom. The number of nitrogens with zero attached hydrogens (tertiary/aromatic N) is 1. The zero-order valence-electron chi connectivity index (χ0n) is 29.8. The molecule has 258 valence electrons. The molecule has 2 aromatic heterocycles. The molecule has 0 bridgehead atoms. The van der Waals surface area contributed by atoms with E-state index in [2.05, 4.69) is 199 Å². The van der Waals surface area contributed by atoms with Gasteiger partial charge in [0.25, 0.3) is 0 Å². The van der Waals surface area contributed by atoms with Gasteiger partial charge in [-0.05, 0) is 87.1 Å². The number of rotatable bonds is 6. The molecule has 2 heterocycles. The number of benzene rings is 9. The summed E-state index contributed by atoms with van der Waals surface area (Å²) < 4.78 is 9.10. The molecule has 55 heavy (non-hydrogen) atoms. The molecule has 0 N–H and O–H groups in total. The van der Waals surface area contributed by atoms with Crippen LogP contribution in [0.5, 0.6) is 0 Å². The van der Waals surface area contributed by atoms with Crippen LogP contribution in [-0.2, 0) is 0 Å². The van der Waals surface area contributed by atoms with Gasteiger partial charge in [0.15, 0.2) is 0 Å². The molecule has 11 rings (SSSR count). The number of anilines is 3. The molecule has 0 aliphatic heterocycles. The van der Waals surface area contributed by atoms with Crippen molar-refractivity contribution < 1.29 is 4.42 Å². The molecular formula is C52H33NOS. The van der Waals surface area contributed by atoms with Crippen LogP contribution in [0.3, 0.4) is 0 Å². The fraction of sp³-hybridized carbons (Fsp3) is 0.